The lowest BCUT2D eigenvalue weighted by Crippen LogP contribution is -2.51. The fraction of sp³-hybridized carbons (Fsp3) is 0.556. The predicted octanol–water partition coefficient (Wildman–Crippen LogP) is 0.906. The van der Waals surface area contributed by atoms with Gasteiger partial charge >= 0.3 is 12.1 Å². The summed E-state index contributed by atoms with van der Waals surface area (Å²) >= 11 is 0. The van der Waals surface area contributed by atoms with Crippen LogP contribution in [0.15, 0.2) is 6.20 Å². The van der Waals surface area contributed by atoms with E-state index in [2.05, 4.69) is 5.10 Å². The number of nitrogens with one attached hydrogen (secondary N) is 1. The molecule has 17 heavy (non-hydrogen) atoms. The van der Waals surface area contributed by atoms with Crippen LogP contribution in [-0.4, -0.2) is 32.5 Å². The van der Waals surface area contributed by atoms with Gasteiger partial charge in [0.05, 0.1) is 12.3 Å². The summed E-state index contributed by atoms with van der Waals surface area (Å²) in [5.74, 6) is -1.38. The zero-order valence-corrected chi connectivity index (χ0v) is 8.45. The number of carbonyl (C=O) groups is 1. The maximum absolute atomic E-state index is 12.6. The lowest BCUT2D eigenvalue weighted by atomic mass is 9.62. The van der Waals surface area contributed by atoms with E-state index >= 15 is 0 Å². The number of alkyl halides is 3. The zero-order valence-electron chi connectivity index (χ0n) is 8.45. The second-order valence-electron chi connectivity index (χ2n) is 4.11. The number of nitrogens with zero attached hydrogens (tertiary/aromatic N) is 1. The Hall–Kier alpha value is -1.57. The molecule has 0 radical (unpaired) electrons. The van der Waals surface area contributed by atoms with E-state index in [1.807, 2.05) is 0 Å². The Morgan fingerprint density at radius 3 is 2.53 bits per heavy atom. The van der Waals surface area contributed by atoms with E-state index in [0.29, 0.717) is 0 Å². The first-order chi connectivity index (χ1) is 7.77. The molecule has 0 amide bonds. The molecule has 0 aromatic carbocycles. The van der Waals surface area contributed by atoms with Crippen LogP contribution in [0.2, 0.25) is 0 Å². The molecule has 0 saturated heterocycles. The third-order valence-electron chi connectivity index (χ3n) is 3.02. The molecule has 0 spiro atoms. The van der Waals surface area contributed by atoms with Crippen molar-refractivity contribution in [2.45, 2.75) is 30.5 Å². The third-order valence-corrected chi connectivity index (χ3v) is 3.02. The molecule has 8 heteroatoms. The summed E-state index contributed by atoms with van der Waals surface area (Å²) in [6.07, 6.45) is -5.17. The highest BCUT2D eigenvalue weighted by atomic mass is 19.4. The van der Waals surface area contributed by atoms with Gasteiger partial charge in [-0.15, -0.1) is 0 Å². The van der Waals surface area contributed by atoms with Gasteiger partial charge < -0.3 is 10.2 Å². The number of halogens is 3. The first-order valence-electron chi connectivity index (χ1n) is 4.80. The monoisotopic (exact) mass is 250 g/mol. The van der Waals surface area contributed by atoms with Gasteiger partial charge in [-0.05, 0) is 12.8 Å². The molecule has 1 aliphatic carbocycles. The smallest absolute Gasteiger partial charge is 0.433 e. The van der Waals surface area contributed by atoms with Crippen LogP contribution in [0.3, 0.4) is 0 Å². The lowest BCUT2D eigenvalue weighted by Gasteiger charge is -2.41. The molecular formula is C9H9F3N2O3. The van der Waals surface area contributed by atoms with Gasteiger partial charge in [0.1, 0.15) is 11.1 Å². The summed E-state index contributed by atoms with van der Waals surface area (Å²) in [6.45, 7) is 0. The fourth-order valence-electron chi connectivity index (χ4n) is 2.12. The number of carboxylic acids is 1. The van der Waals surface area contributed by atoms with Crippen molar-refractivity contribution < 1.29 is 28.2 Å². The Balaban J connectivity index is 2.46. The van der Waals surface area contributed by atoms with Crippen LogP contribution in [0.25, 0.3) is 0 Å². The zero-order chi connectivity index (χ0) is 12.8. The molecule has 0 atom stereocenters. The van der Waals surface area contributed by atoms with Gasteiger partial charge in [-0.3, -0.25) is 9.89 Å². The van der Waals surface area contributed by atoms with Crippen LogP contribution < -0.4 is 0 Å². The average molecular weight is 250 g/mol. The van der Waals surface area contributed by atoms with Gasteiger partial charge in [-0.25, -0.2) is 0 Å². The number of hydrogen-bond donors (Lipinski definition) is 3. The highest BCUT2D eigenvalue weighted by Crippen LogP contribution is 2.47. The summed E-state index contributed by atoms with van der Waals surface area (Å²) in [5, 5.41) is 23.2. The van der Waals surface area contributed by atoms with Gasteiger partial charge in [0.25, 0.3) is 0 Å². The predicted molar refractivity (Wildman–Crippen MR) is 48.1 cm³/mol. The first kappa shape index (κ1) is 11.9. The maximum atomic E-state index is 12.6. The molecule has 0 bridgehead atoms. The SMILES string of the molecule is O=C(O)C1(c2cn[nH]c2C(F)(F)F)CC(O)C1. The van der Waals surface area contributed by atoms with Crippen molar-refractivity contribution in [2.24, 2.45) is 0 Å². The quantitative estimate of drug-likeness (QED) is 0.728. The molecule has 1 aromatic rings. The van der Waals surface area contributed by atoms with Crippen molar-refractivity contribution in [1.82, 2.24) is 10.2 Å². The van der Waals surface area contributed by atoms with Crippen LogP contribution in [-0.2, 0) is 16.4 Å². The highest BCUT2D eigenvalue weighted by Gasteiger charge is 2.55. The number of rotatable bonds is 2. The Bertz CT molecular complexity index is 449. The molecule has 2 rings (SSSR count). The van der Waals surface area contributed by atoms with E-state index in [9.17, 15) is 18.0 Å². The molecule has 5 nitrogen and oxygen atoms in total. The second kappa shape index (κ2) is 3.46. The average Bonchev–Trinajstić information content (AvgIpc) is 2.59. The molecular weight excluding hydrogens is 241 g/mol. The number of H-pyrrole nitrogens is 1. The number of aromatic amines is 1. The van der Waals surface area contributed by atoms with Crippen LogP contribution in [0.5, 0.6) is 0 Å². The van der Waals surface area contributed by atoms with E-state index in [1.54, 1.807) is 5.10 Å². The molecule has 1 saturated carbocycles. The van der Waals surface area contributed by atoms with Crippen molar-refractivity contribution in [3.05, 3.63) is 17.5 Å². The number of aliphatic carboxylic acids is 1. The van der Waals surface area contributed by atoms with Gasteiger partial charge in [0.2, 0.25) is 0 Å². The van der Waals surface area contributed by atoms with Gasteiger partial charge in [-0.1, -0.05) is 0 Å². The van der Waals surface area contributed by atoms with Crippen molar-refractivity contribution in [3.8, 4) is 0 Å². The van der Waals surface area contributed by atoms with Gasteiger partial charge in [0, 0.05) is 5.56 Å². The molecule has 1 heterocycles. The largest absolute Gasteiger partial charge is 0.481 e. The van der Waals surface area contributed by atoms with Crippen molar-refractivity contribution in [2.75, 3.05) is 0 Å². The molecule has 3 N–H and O–H groups in total. The van der Waals surface area contributed by atoms with E-state index < -0.39 is 34.9 Å². The number of hydrogen-bond acceptors (Lipinski definition) is 3. The van der Waals surface area contributed by atoms with Crippen molar-refractivity contribution >= 4 is 5.97 Å². The minimum atomic E-state index is -4.69. The number of aliphatic hydroxyl groups excluding tert-OH is 1. The normalized spacial score (nSPS) is 28.8. The molecule has 1 fully saturated rings. The Kier molecular flexibility index (Phi) is 2.42. The molecule has 94 valence electrons. The van der Waals surface area contributed by atoms with Crippen LogP contribution in [0.1, 0.15) is 24.1 Å². The lowest BCUT2D eigenvalue weighted by molar-refractivity contribution is -0.155. The third kappa shape index (κ3) is 1.68. The first-order valence-corrected chi connectivity index (χ1v) is 4.80. The Morgan fingerprint density at radius 2 is 2.12 bits per heavy atom. The summed E-state index contributed by atoms with van der Waals surface area (Å²) in [6, 6.07) is 0. The van der Waals surface area contributed by atoms with Crippen LogP contribution >= 0.6 is 0 Å². The Morgan fingerprint density at radius 1 is 1.53 bits per heavy atom. The fourth-order valence-corrected chi connectivity index (χ4v) is 2.12. The molecule has 1 aromatic heterocycles. The second-order valence-corrected chi connectivity index (χ2v) is 4.11. The van der Waals surface area contributed by atoms with Crippen molar-refractivity contribution in [3.63, 3.8) is 0 Å². The summed E-state index contributed by atoms with van der Waals surface area (Å²) in [4.78, 5) is 11.1. The van der Waals surface area contributed by atoms with Gasteiger partial charge in [0.15, 0.2) is 0 Å². The topological polar surface area (TPSA) is 86.2 Å². The number of carboxylic acid groups (broad SMARTS) is 1. The van der Waals surface area contributed by atoms with Crippen LogP contribution in [0, 0.1) is 0 Å². The van der Waals surface area contributed by atoms with Crippen LogP contribution in [0.4, 0.5) is 13.2 Å². The minimum absolute atomic E-state index is 0.231. The van der Waals surface area contributed by atoms with Crippen molar-refractivity contribution in [1.29, 1.82) is 0 Å². The summed E-state index contributed by atoms with van der Waals surface area (Å²) < 4.78 is 37.8. The van der Waals surface area contributed by atoms with Gasteiger partial charge in [-0.2, -0.15) is 18.3 Å². The molecule has 1 aliphatic rings. The summed E-state index contributed by atoms with van der Waals surface area (Å²) in [5.41, 5.74) is -3.26. The van der Waals surface area contributed by atoms with E-state index in [-0.39, 0.29) is 12.8 Å². The highest BCUT2D eigenvalue weighted by molar-refractivity contribution is 5.83. The van der Waals surface area contributed by atoms with E-state index in [0.717, 1.165) is 6.20 Å². The van der Waals surface area contributed by atoms with E-state index in [4.69, 9.17) is 10.2 Å². The maximum Gasteiger partial charge on any atom is 0.433 e. The number of aliphatic hydroxyl groups is 1. The summed E-state index contributed by atoms with van der Waals surface area (Å²) in [7, 11) is 0. The molecule has 0 aliphatic heterocycles. The standard InChI is InChI=1S/C9H9F3N2O3/c10-9(11,12)6-5(3-13-14-6)8(7(16)17)1-4(15)2-8/h3-4,15H,1-2H2,(H,13,14)(H,16,17). The molecule has 0 unspecified atom stereocenters. The van der Waals surface area contributed by atoms with E-state index in [1.165, 1.54) is 0 Å². The number of aromatic nitrogens is 2. The minimum Gasteiger partial charge on any atom is -0.481 e. The Labute approximate surface area is 93.3 Å².